The first kappa shape index (κ1) is 17.6. The summed E-state index contributed by atoms with van der Waals surface area (Å²) in [5.41, 5.74) is 4.04. The van der Waals surface area contributed by atoms with Crippen LogP contribution in [-0.2, 0) is 4.74 Å². The molecular formula is C15H18N8O3S. The number of non-ortho nitro benzene ring substituents is 1. The maximum Gasteiger partial charge on any atom is 0.269 e. The third kappa shape index (κ3) is 3.41. The van der Waals surface area contributed by atoms with Gasteiger partial charge in [0.1, 0.15) is 6.17 Å². The molecule has 1 unspecified atom stereocenters. The van der Waals surface area contributed by atoms with E-state index in [4.69, 9.17) is 17.0 Å². The van der Waals surface area contributed by atoms with Crippen molar-refractivity contribution in [2.24, 2.45) is 0 Å². The zero-order chi connectivity index (χ0) is 19.0. The number of morpholine rings is 1. The first-order valence-electron chi connectivity index (χ1n) is 8.38. The van der Waals surface area contributed by atoms with Gasteiger partial charge in [0, 0.05) is 32.3 Å². The van der Waals surface area contributed by atoms with Gasteiger partial charge in [-0.25, -0.2) is 5.43 Å². The van der Waals surface area contributed by atoms with Crippen LogP contribution in [0.3, 0.4) is 0 Å². The highest BCUT2D eigenvalue weighted by atomic mass is 32.1. The molecule has 3 heterocycles. The average Bonchev–Trinajstić information content (AvgIpc) is 3.06. The average molecular weight is 390 g/mol. The summed E-state index contributed by atoms with van der Waals surface area (Å²) in [7, 11) is 1.79. The minimum absolute atomic E-state index is 0.0361. The highest BCUT2D eigenvalue weighted by molar-refractivity contribution is 7.80. The van der Waals surface area contributed by atoms with Crippen molar-refractivity contribution in [3.05, 3.63) is 39.9 Å². The van der Waals surface area contributed by atoms with E-state index in [9.17, 15) is 10.1 Å². The number of hydrogen-bond donors (Lipinski definition) is 2. The Bertz CT molecular complexity index is 864. The maximum absolute atomic E-state index is 10.9. The minimum Gasteiger partial charge on any atom is -0.378 e. The molecular weight excluding hydrogens is 372 g/mol. The number of thiocarbonyl (C=S) groups is 1. The quantitative estimate of drug-likeness (QED) is 0.441. The van der Waals surface area contributed by atoms with Crippen molar-refractivity contribution in [3.63, 3.8) is 0 Å². The second kappa shape index (κ2) is 7.06. The van der Waals surface area contributed by atoms with Crippen molar-refractivity contribution in [1.82, 2.24) is 25.2 Å². The number of rotatable bonds is 3. The van der Waals surface area contributed by atoms with E-state index in [1.54, 1.807) is 28.9 Å². The van der Waals surface area contributed by atoms with Crippen LogP contribution in [0.25, 0.3) is 0 Å². The molecule has 12 heteroatoms. The van der Waals surface area contributed by atoms with Gasteiger partial charge < -0.3 is 15.0 Å². The molecule has 0 bridgehead atoms. The monoisotopic (exact) mass is 390 g/mol. The number of benzene rings is 1. The Morgan fingerprint density at radius 1 is 1.30 bits per heavy atom. The maximum atomic E-state index is 10.9. The molecule has 11 nitrogen and oxygen atoms in total. The zero-order valence-corrected chi connectivity index (χ0v) is 15.3. The molecule has 1 fully saturated rings. The fraction of sp³-hybridized carbons (Fsp3) is 0.400. The second-order valence-corrected chi connectivity index (χ2v) is 6.51. The number of nitro benzene ring substituents is 1. The van der Waals surface area contributed by atoms with E-state index in [-0.39, 0.29) is 11.9 Å². The molecule has 2 aliphatic rings. The van der Waals surface area contributed by atoms with Crippen molar-refractivity contribution in [1.29, 1.82) is 0 Å². The van der Waals surface area contributed by atoms with Crippen molar-refractivity contribution in [3.8, 4) is 0 Å². The summed E-state index contributed by atoms with van der Waals surface area (Å²) in [6.45, 7) is 2.70. The molecule has 0 radical (unpaired) electrons. The lowest BCUT2D eigenvalue weighted by molar-refractivity contribution is -0.384. The molecule has 0 aliphatic carbocycles. The highest BCUT2D eigenvalue weighted by Gasteiger charge is 2.28. The lowest BCUT2D eigenvalue weighted by atomic mass is 10.1. The predicted molar refractivity (Wildman–Crippen MR) is 101 cm³/mol. The SMILES string of the molecule is CN1NC(c2ccc([N+](=O)[O-])cc2)Nc2nc(N3CCOCC3)nn2C1=S. The van der Waals surface area contributed by atoms with Gasteiger partial charge in [-0.15, -0.1) is 5.10 Å². The van der Waals surface area contributed by atoms with Crippen molar-refractivity contribution in [2.75, 3.05) is 43.6 Å². The van der Waals surface area contributed by atoms with Gasteiger partial charge in [0.25, 0.3) is 5.69 Å². The van der Waals surface area contributed by atoms with Crippen LogP contribution in [0.2, 0.25) is 0 Å². The van der Waals surface area contributed by atoms with Gasteiger partial charge in [-0.1, -0.05) is 0 Å². The van der Waals surface area contributed by atoms with E-state index in [1.165, 1.54) is 12.1 Å². The molecule has 27 heavy (non-hydrogen) atoms. The van der Waals surface area contributed by atoms with E-state index in [2.05, 4.69) is 20.8 Å². The molecule has 0 saturated carbocycles. The number of nitrogens with one attached hydrogen (secondary N) is 2. The number of anilines is 2. The van der Waals surface area contributed by atoms with Gasteiger partial charge in [0.2, 0.25) is 17.0 Å². The van der Waals surface area contributed by atoms with Crippen LogP contribution in [0.5, 0.6) is 0 Å². The Morgan fingerprint density at radius 2 is 2.00 bits per heavy atom. The Morgan fingerprint density at radius 3 is 2.67 bits per heavy atom. The normalized spacial score (nSPS) is 20.0. The van der Waals surface area contributed by atoms with E-state index in [1.807, 2.05) is 4.90 Å². The Hall–Kier alpha value is -2.83. The third-order valence-electron chi connectivity index (χ3n) is 4.39. The van der Waals surface area contributed by atoms with Crippen LogP contribution >= 0.6 is 12.2 Å². The number of nitrogens with zero attached hydrogens (tertiary/aromatic N) is 6. The summed E-state index contributed by atoms with van der Waals surface area (Å²) in [6.07, 6.45) is -0.378. The summed E-state index contributed by atoms with van der Waals surface area (Å²) < 4.78 is 6.94. The van der Waals surface area contributed by atoms with E-state index in [0.29, 0.717) is 30.2 Å². The van der Waals surface area contributed by atoms with Crippen LogP contribution in [0.15, 0.2) is 24.3 Å². The Kier molecular flexibility index (Phi) is 4.59. The van der Waals surface area contributed by atoms with Crippen molar-refractivity contribution < 1.29 is 9.66 Å². The number of hydrogen-bond acceptors (Lipinski definition) is 9. The molecule has 0 spiro atoms. The molecule has 1 atom stereocenters. The minimum atomic E-state index is -0.426. The number of hydrazine groups is 1. The first-order valence-corrected chi connectivity index (χ1v) is 8.78. The molecule has 2 aromatic rings. The van der Waals surface area contributed by atoms with Gasteiger partial charge in [0.05, 0.1) is 18.1 Å². The van der Waals surface area contributed by atoms with E-state index >= 15 is 0 Å². The van der Waals surface area contributed by atoms with Crippen molar-refractivity contribution >= 4 is 34.9 Å². The Labute approximate surface area is 160 Å². The molecule has 4 rings (SSSR count). The number of aromatic nitrogens is 3. The summed E-state index contributed by atoms with van der Waals surface area (Å²) >= 11 is 5.49. The van der Waals surface area contributed by atoms with Gasteiger partial charge >= 0.3 is 0 Å². The smallest absolute Gasteiger partial charge is 0.269 e. The predicted octanol–water partition coefficient (Wildman–Crippen LogP) is 0.717. The standard InChI is InChI=1S/C15H18N8O3S/c1-20-15(27)22-13(17-14(19-22)21-6-8-26-9-7-21)16-12(18-20)10-2-4-11(5-3-10)23(24)25/h2-5,12,18H,6-9H2,1H3,(H,16,17,19). The van der Waals surface area contributed by atoms with Crippen LogP contribution in [-0.4, -0.2) is 63.2 Å². The topological polar surface area (TPSA) is 114 Å². The van der Waals surface area contributed by atoms with Crippen molar-refractivity contribution in [2.45, 2.75) is 6.17 Å². The number of ether oxygens (including phenoxy) is 1. The van der Waals surface area contributed by atoms with E-state index < -0.39 is 4.92 Å². The first-order chi connectivity index (χ1) is 13.0. The fourth-order valence-electron chi connectivity index (χ4n) is 2.92. The molecule has 1 aromatic heterocycles. The lowest BCUT2D eigenvalue weighted by Gasteiger charge is -2.26. The van der Waals surface area contributed by atoms with Crippen LogP contribution in [0.4, 0.5) is 17.6 Å². The molecule has 0 amide bonds. The van der Waals surface area contributed by atoms with E-state index in [0.717, 1.165) is 18.7 Å². The summed E-state index contributed by atoms with van der Waals surface area (Å²) in [5.74, 6) is 1.09. The van der Waals surface area contributed by atoms with Crippen LogP contribution in [0.1, 0.15) is 11.7 Å². The fourth-order valence-corrected chi connectivity index (χ4v) is 3.10. The Balaban J connectivity index is 1.63. The summed E-state index contributed by atoms with van der Waals surface area (Å²) in [6, 6.07) is 6.31. The molecule has 142 valence electrons. The number of nitro groups is 1. The summed E-state index contributed by atoms with van der Waals surface area (Å²) in [5, 5.41) is 20.8. The summed E-state index contributed by atoms with van der Waals surface area (Å²) in [4.78, 5) is 17.1. The number of fused-ring (bicyclic) bond motifs is 1. The zero-order valence-electron chi connectivity index (χ0n) is 14.5. The molecule has 2 N–H and O–H groups in total. The second-order valence-electron chi connectivity index (χ2n) is 6.14. The molecule has 1 saturated heterocycles. The van der Waals surface area contributed by atoms with Gasteiger partial charge in [-0.2, -0.15) is 9.67 Å². The largest absolute Gasteiger partial charge is 0.378 e. The van der Waals surface area contributed by atoms with Crippen LogP contribution < -0.4 is 15.6 Å². The van der Waals surface area contributed by atoms with Gasteiger partial charge in [-0.05, 0) is 29.9 Å². The van der Waals surface area contributed by atoms with Crippen LogP contribution in [0, 0.1) is 10.1 Å². The van der Waals surface area contributed by atoms with Gasteiger partial charge in [0.15, 0.2) is 0 Å². The van der Waals surface area contributed by atoms with Gasteiger partial charge in [-0.3, -0.25) is 15.1 Å². The molecule has 1 aromatic carbocycles. The highest BCUT2D eigenvalue weighted by Crippen LogP contribution is 2.24. The molecule has 2 aliphatic heterocycles. The third-order valence-corrected chi connectivity index (χ3v) is 4.84. The lowest BCUT2D eigenvalue weighted by Crippen LogP contribution is -2.43.